The van der Waals surface area contributed by atoms with Crippen molar-refractivity contribution in [3.63, 3.8) is 0 Å². The normalized spacial score (nSPS) is 11.0. The maximum absolute atomic E-state index is 11.6. The minimum atomic E-state index is -0.410. The van der Waals surface area contributed by atoms with Crippen molar-refractivity contribution >= 4 is 11.8 Å². The number of nitrogens with one attached hydrogen (secondary N) is 1. The van der Waals surface area contributed by atoms with Crippen LogP contribution in [0.3, 0.4) is 0 Å². The van der Waals surface area contributed by atoms with Gasteiger partial charge in [-0.15, -0.1) is 0 Å². The Bertz CT molecular complexity index is 811. The number of nitriles is 1. The third kappa shape index (κ3) is 3.49. The Morgan fingerprint density at radius 1 is 1.33 bits per heavy atom. The molecule has 0 saturated carbocycles. The van der Waals surface area contributed by atoms with Crippen LogP contribution in [0.25, 0.3) is 5.69 Å². The van der Waals surface area contributed by atoms with Crippen LogP contribution >= 0.6 is 0 Å². The molecule has 2 rings (SSSR count). The highest BCUT2D eigenvalue weighted by atomic mass is 16.5. The number of carbonyl (C=O) groups excluding carboxylic acids is 1. The van der Waals surface area contributed by atoms with E-state index in [2.05, 4.69) is 11.4 Å². The molecule has 0 saturated heterocycles. The van der Waals surface area contributed by atoms with E-state index in [0.29, 0.717) is 23.7 Å². The van der Waals surface area contributed by atoms with Crippen molar-refractivity contribution in [1.82, 2.24) is 4.57 Å². The molecule has 0 unspecified atom stereocenters. The van der Waals surface area contributed by atoms with Gasteiger partial charge in [-0.25, -0.2) is 4.79 Å². The monoisotopic (exact) mass is 323 g/mol. The molecule has 1 N–H and O–H groups in total. The maximum Gasteiger partial charge on any atom is 0.332 e. The van der Waals surface area contributed by atoms with E-state index >= 15 is 0 Å². The number of hydrogen-bond donors (Lipinski definition) is 1. The van der Waals surface area contributed by atoms with Crippen LogP contribution in [-0.2, 0) is 9.53 Å². The quantitative estimate of drug-likeness (QED) is 0.670. The predicted molar refractivity (Wildman–Crippen MR) is 94.0 cm³/mol. The van der Waals surface area contributed by atoms with Crippen LogP contribution in [0, 0.1) is 25.2 Å². The molecular weight excluding hydrogens is 302 g/mol. The first kappa shape index (κ1) is 17.4. The Kier molecular flexibility index (Phi) is 5.43. The lowest BCUT2D eigenvalue weighted by atomic mass is 10.2. The summed E-state index contributed by atoms with van der Waals surface area (Å²) in [5.74, 6) is 0.240. The zero-order valence-electron chi connectivity index (χ0n) is 14.4. The summed E-state index contributed by atoms with van der Waals surface area (Å²) < 4.78 is 6.91. The molecule has 0 amide bonds. The molecule has 1 aromatic heterocycles. The minimum absolute atomic E-state index is 0.324. The highest BCUT2D eigenvalue weighted by Gasteiger charge is 2.19. The van der Waals surface area contributed by atoms with Crippen LogP contribution in [0.4, 0.5) is 5.82 Å². The van der Waals surface area contributed by atoms with E-state index in [1.165, 1.54) is 6.08 Å². The van der Waals surface area contributed by atoms with Crippen molar-refractivity contribution < 1.29 is 9.53 Å². The number of ether oxygens (including phenoxy) is 1. The Labute approximate surface area is 142 Å². The van der Waals surface area contributed by atoms with Gasteiger partial charge in [0.1, 0.15) is 11.9 Å². The smallest absolute Gasteiger partial charge is 0.332 e. The van der Waals surface area contributed by atoms with Gasteiger partial charge in [-0.2, -0.15) is 5.26 Å². The highest BCUT2D eigenvalue weighted by Crippen LogP contribution is 2.30. The predicted octanol–water partition coefficient (Wildman–Crippen LogP) is 3.84. The highest BCUT2D eigenvalue weighted by molar-refractivity contribution is 5.83. The Hall–Kier alpha value is -3.00. The number of aromatic nitrogens is 1. The molecule has 5 heteroatoms. The number of nitrogens with zero attached hydrogens (tertiary/aromatic N) is 2. The molecular formula is C19H21N3O2. The summed E-state index contributed by atoms with van der Waals surface area (Å²) in [6.45, 7) is 7.74. The van der Waals surface area contributed by atoms with Gasteiger partial charge in [-0.3, -0.25) is 4.57 Å². The number of anilines is 1. The first-order chi connectivity index (χ1) is 11.5. The van der Waals surface area contributed by atoms with Gasteiger partial charge >= 0.3 is 5.97 Å². The summed E-state index contributed by atoms with van der Waals surface area (Å²) in [4.78, 5) is 11.6. The largest absolute Gasteiger partial charge is 0.463 e. The number of hydrogen-bond acceptors (Lipinski definition) is 4. The molecule has 0 aliphatic rings. The van der Waals surface area contributed by atoms with Crippen molar-refractivity contribution in [3.05, 3.63) is 58.9 Å². The van der Waals surface area contributed by atoms with Crippen LogP contribution in [0.1, 0.15) is 30.7 Å². The topological polar surface area (TPSA) is 67.0 Å². The molecule has 0 atom stereocenters. The third-order valence-electron chi connectivity index (χ3n) is 3.78. The molecule has 0 radical (unpaired) electrons. The molecule has 0 spiro atoms. The first-order valence-corrected chi connectivity index (χ1v) is 7.79. The van der Waals surface area contributed by atoms with Crippen molar-refractivity contribution in [2.75, 3.05) is 11.9 Å². The van der Waals surface area contributed by atoms with Crippen molar-refractivity contribution in [3.8, 4) is 11.8 Å². The van der Waals surface area contributed by atoms with Crippen molar-refractivity contribution in [1.29, 1.82) is 5.26 Å². The number of para-hydroxylation sites is 1. The maximum atomic E-state index is 11.6. The SMILES string of the molecule is CCOC(=O)/C=C(\C)Nc1c(C#N)c(C)c(C)n1-c1ccccc1. The van der Waals surface area contributed by atoms with Crippen LogP contribution in [0.15, 0.2) is 42.1 Å². The molecule has 0 aliphatic carbocycles. The van der Waals surface area contributed by atoms with E-state index in [0.717, 1.165) is 16.9 Å². The van der Waals surface area contributed by atoms with Gasteiger partial charge in [0.2, 0.25) is 0 Å². The number of allylic oxidation sites excluding steroid dienone is 1. The standard InChI is InChI=1S/C19H21N3O2/c1-5-24-18(23)11-13(2)21-19-17(12-20)14(3)15(4)22(19)16-9-7-6-8-10-16/h6-11,21H,5H2,1-4H3/b13-11+. The van der Waals surface area contributed by atoms with E-state index in [4.69, 9.17) is 4.74 Å². The Balaban J connectivity index is 2.51. The van der Waals surface area contributed by atoms with Gasteiger partial charge in [0.05, 0.1) is 12.2 Å². The molecule has 1 heterocycles. The van der Waals surface area contributed by atoms with Crippen LogP contribution < -0.4 is 5.32 Å². The summed E-state index contributed by atoms with van der Waals surface area (Å²) in [7, 11) is 0. The van der Waals surface area contributed by atoms with E-state index in [1.54, 1.807) is 13.8 Å². The lowest BCUT2D eigenvalue weighted by molar-refractivity contribution is -0.137. The van der Waals surface area contributed by atoms with Crippen LogP contribution in [0.2, 0.25) is 0 Å². The average Bonchev–Trinajstić information content (AvgIpc) is 2.78. The lowest BCUT2D eigenvalue weighted by Gasteiger charge is -2.14. The van der Waals surface area contributed by atoms with Crippen LogP contribution in [-0.4, -0.2) is 17.1 Å². The second-order valence-corrected chi connectivity index (χ2v) is 5.42. The first-order valence-electron chi connectivity index (χ1n) is 7.79. The average molecular weight is 323 g/mol. The van der Waals surface area contributed by atoms with Gasteiger partial charge in [0.15, 0.2) is 0 Å². The summed E-state index contributed by atoms with van der Waals surface area (Å²) in [5, 5.41) is 12.7. The summed E-state index contributed by atoms with van der Waals surface area (Å²) in [6, 6.07) is 12.0. The fraction of sp³-hybridized carbons (Fsp3) is 0.263. The molecule has 1 aromatic carbocycles. The van der Waals surface area contributed by atoms with E-state index in [9.17, 15) is 10.1 Å². The summed E-state index contributed by atoms with van der Waals surface area (Å²) in [6.07, 6.45) is 1.39. The second-order valence-electron chi connectivity index (χ2n) is 5.42. The summed E-state index contributed by atoms with van der Waals surface area (Å²) in [5.41, 5.74) is 4.01. The third-order valence-corrected chi connectivity index (χ3v) is 3.78. The number of rotatable bonds is 5. The van der Waals surface area contributed by atoms with Gasteiger partial charge < -0.3 is 10.1 Å². The molecule has 0 bridgehead atoms. The van der Waals surface area contributed by atoms with Gasteiger partial charge in [-0.1, -0.05) is 18.2 Å². The van der Waals surface area contributed by atoms with E-state index < -0.39 is 5.97 Å². The van der Waals surface area contributed by atoms with Crippen molar-refractivity contribution in [2.24, 2.45) is 0 Å². The second kappa shape index (κ2) is 7.51. The summed E-state index contributed by atoms with van der Waals surface area (Å²) >= 11 is 0. The van der Waals surface area contributed by atoms with Crippen LogP contribution in [0.5, 0.6) is 0 Å². The number of esters is 1. The zero-order chi connectivity index (χ0) is 17.7. The Morgan fingerprint density at radius 2 is 2.00 bits per heavy atom. The molecule has 124 valence electrons. The lowest BCUT2D eigenvalue weighted by Crippen LogP contribution is -2.08. The fourth-order valence-electron chi connectivity index (χ4n) is 2.54. The molecule has 5 nitrogen and oxygen atoms in total. The molecule has 24 heavy (non-hydrogen) atoms. The molecule has 0 fully saturated rings. The zero-order valence-corrected chi connectivity index (χ0v) is 14.4. The number of benzene rings is 1. The van der Waals surface area contributed by atoms with Gasteiger partial charge in [0, 0.05) is 23.2 Å². The number of carbonyl (C=O) groups is 1. The van der Waals surface area contributed by atoms with Crippen molar-refractivity contribution in [2.45, 2.75) is 27.7 Å². The Morgan fingerprint density at radius 3 is 2.58 bits per heavy atom. The molecule has 0 aliphatic heterocycles. The molecule has 2 aromatic rings. The fourth-order valence-corrected chi connectivity index (χ4v) is 2.54. The van der Waals surface area contributed by atoms with E-state index in [1.807, 2.05) is 48.7 Å². The van der Waals surface area contributed by atoms with Gasteiger partial charge in [-0.05, 0) is 45.4 Å². The minimum Gasteiger partial charge on any atom is -0.463 e. The van der Waals surface area contributed by atoms with E-state index in [-0.39, 0.29) is 0 Å². The van der Waals surface area contributed by atoms with Gasteiger partial charge in [0.25, 0.3) is 0 Å².